The van der Waals surface area contributed by atoms with E-state index in [1.165, 1.54) is 6.07 Å². The topological polar surface area (TPSA) is 78.7 Å². The van der Waals surface area contributed by atoms with Crippen molar-refractivity contribution in [1.29, 1.82) is 0 Å². The number of likely N-dealkylation sites (N-methyl/N-ethyl adjacent to an activating group) is 2. The van der Waals surface area contributed by atoms with E-state index in [9.17, 15) is 14.9 Å². The Bertz CT molecular complexity index is 794. The molecule has 0 aromatic heterocycles. The largest absolute Gasteiger partial charge is 0.368 e. The monoisotopic (exact) mass is 376 g/mol. The number of hydrogen-bond acceptors (Lipinski definition) is 5. The molecule has 0 spiro atoms. The van der Waals surface area contributed by atoms with Gasteiger partial charge in [-0.05, 0) is 50.5 Å². The highest BCUT2D eigenvalue weighted by Gasteiger charge is 2.23. The Morgan fingerprint density at radius 2 is 1.77 bits per heavy atom. The number of benzene rings is 2. The summed E-state index contributed by atoms with van der Waals surface area (Å²) in [5, 5.41) is 14.8. The van der Waals surface area contributed by atoms with Crippen LogP contribution in [0, 0.1) is 10.1 Å². The van der Waals surface area contributed by atoms with Crippen LogP contribution in [0.4, 0.5) is 17.1 Å². The van der Waals surface area contributed by atoms with Crippen LogP contribution in [0.3, 0.4) is 0 Å². The minimum Gasteiger partial charge on any atom is -0.368 e. The van der Waals surface area contributed by atoms with Crippen molar-refractivity contribution < 1.29 is 9.72 Å². The van der Waals surface area contributed by atoms with Gasteiger partial charge in [0, 0.05) is 30.7 Å². The molecule has 0 saturated heterocycles. The van der Waals surface area contributed by atoms with Crippen molar-refractivity contribution in [3.63, 3.8) is 0 Å². The molecule has 2 rings (SSSR count). The zero-order chi connectivity index (χ0) is 19.3. The fourth-order valence-corrected chi connectivity index (χ4v) is 2.52. The van der Waals surface area contributed by atoms with Gasteiger partial charge in [0.1, 0.15) is 11.4 Å². The first-order valence-corrected chi connectivity index (χ1v) is 8.37. The first-order valence-electron chi connectivity index (χ1n) is 7.99. The van der Waals surface area contributed by atoms with Gasteiger partial charge in [-0.2, -0.15) is 0 Å². The predicted octanol–water partition coefficient (Wildman–Crippen LogP) is 3.50. The number of halogens is 1. The highest BCUT2D eigenvalue weighted by molar-refractivity contribution is 6.30. The molecule has 1 amide bonds. The summed E-state index contributed by atoms with van der Waals surface area (Å²) in [5.41, 5.74) is 0.848. The molecule has 1 N–H and O–H groups in total. The second-order valence-corrected chi connectivity index (χ2v) is 6.55. The average Bonchev–Trinajstić information content (AvgIpc) is 2.59. The lowest BCUT2D eigenvalue weighted by molar-refractivity contribution is -0.383. The van der Waals surface area contributed by atoms with E-state index in [1.54, 1.807) is 48.3 Å². The van der Waals surface area contributed by atoms with E-state index >= 15 is 0 Å². The number of anilines is 2. The molecule has 0 unspecified atom stereocenters. The van der Waals surface area contributed by atoms with Crippen molar-refractivity contribution in [1.82, 2.24) is 4.90 Å². The van der Waals surface area contributed by atoms with E-state index in [-0.39, 0.29) is 11.4 Å². The highest BCUT2D eigenvalue weighted by atomic mass is 35.5. The summed E-state index contributed by atoms with van der Waals surface area (Å²) in [5.74, 6) is -0.433. The van der Waals surface area contributed by atoms with Crippen LogP contribution in [-0.2, 0) is 0 Å². The van der Waals surface area contributed by atoms with Crippen molar-refractivity contribution in [2.24, 2.45) is 0 Å². The van der Waals surface area contributed by atoms with Crippen molar-refractivity contribution in [2.75, 3.05) is 44.4 Å². The summed E-state index contributed by atoms with van der Waals surface area (Å²) < 4.78 is 0. The zero-order valence-electron chi connectivity index (χ0n) is 14.9. The Balaban J connectivity index is 2.30. The van der Waals surface area contributed by atoms with Crippen LogP contribution in [0.15, 0.2) is 42.5 Å². The lowest BCUT2D eigenvalue weighted by Crippen LogP contribution is -2.29. The first kappa shape index (κ1) is 19.7. The molecule has 0 bridgehead atoms. The summed E-state index contributed by atoms with van der Waals surface area (Å²) >= 11 is 5.82. The summed E-state index contributed by atoms with van der Waals surface area (Å²) in [6.07, 6.45) is 0. The van der Waals surface area contributed by atoms with Gasteiger partial charge in [0.2, 0.25) is 0 Å². The van der Waals surface area contributed by atoms with Gasteiger partial charge in [-0.1, -0.05) is 17.7 Å². The lowest BCUT2D eigenvalue weighted by Gasteiger charge is -2.22. The smallest absolute Gasteiger partial charge is 0.315 e. The quantitative estimate of drug-likeness (QED) is 0.591. The molecule has 2 aromatic rings. The predicted molar refractivity (Wildman–Crippen MR) is 104 cm³/mol. The number of nitro groups is 1. The minimum atomic E-state index is -0.473. The number of nitrogens with zero attached hydrogens (tertiary/aromatic N) is 3. The van der Waals surface area contributed by atoms with Gasteiger partial charge < -0.3 is 15.1 Å². The highest BCUT2D eigenvalue weighted by Crippen LogP contribution is 2.35. The fraction of sp³-hybridized carbons (Fsp3) is 0.278. The molecule has 8 heteroatoms. The van der Waals surface area contributed by atoms with Crippen LogP contribution in [-0.4, -0.2) is 50.0 Å². The number of carbonyl (C=O) groups excluding carboxylic acids is 1. The Kier molecular flexibility index (Phi) is 6.54. The molecule has 138 valence electrons. The van der Waals surface area contributed by atoms with Crippen LogP contribution in [0.25, 0.3) is 0 Å². The van der Waals surface area contributed by atoms with E-state index < -0.39 is 10.8 Å². The molecule has 0 aliphatic carbocycles. The maximum atomic E-state index is 12.4. The Morgan fingerprint density at radius 3 is 2.35 bits per heavy atom. The molecule has 0 fully saturated rings. The maximum absolute atomic E-state index is 12.4. The lowest BCUT2D eigenvalue weighted by atomic mass is 10.1. The molecule has 0 aliphatic heterocycles. The SMILES string of the molecule is CN(C)CCN(C)c1cccc(NC(=O)c2ccc(Cl)cc2)c1[N+](=O)[O-]. The van der Waals surface area contributed by atoms with Crippen molar-refractivity contribution in [3.8, 4) is 0 Å². The molecular weight excluding hydrogens is 356 g/mol. The Morgan fingerprint density at radius 1 is 1.12 bits per heavy atom. The van der Waals surface area contributed by atoms with E-state index in [2.05, 4.69) is 5.32 Å². The normalized spacial score (nSPS) is 10.7. The van der Waals surface area contributed by atoms with E-state index in [0.717, 1.165) is 6.54 Å². The summed E-state index contributed by atoms with van der Waals surface area (Å²) in [7, 11) is 5.66. The molecule has 7 nitrogen and oxygen atoms in total. The van der Waals surface area contributed by atoms with Crippen LogP contribution in [0.2, 0.25) is 5.02 Å². The van der Waals surface area contributed by atoms with Crippen molar-refractivity contribution in [2.45, 2.75) is 0 Å². The van der Waals surface area contributed by atoms with Gasteiger partial charge in [0.15, 0.2) is 0 Å². The summed E-state index contributed by atoms with van der Waals surface area (Å²) in [6.45, 7) is 1.36. The van der Waals surface area contributed by atoms with Gasteiger partial charge in [-0.3, -0.25) is 14.9 Å². The van der Waals surface area contributed by atoms with Crippen molar-refractivity contribution >= 4 is 34.6 Å². The van der Waals surface area contributed by atoms with E-state index in [1.807, 2.05) is 19.0 Å². The van der Waals surface area contributed by atoms with Crippen molar-refractivity contribution in [3.05, 3.63) is 63.2 Å². The number of carbonyl (C=O) groups is 1. The number of nitro benzene ring substituents is 1. The van der Waals surface area contributed by atoms with Crippen LogP contribution in [0.5, 0.6) is 0 Å². The van der Waals surface area contributed by atoms with Crippen LogP contribution in [0.1, 0.15) is 10.4 Å². The Labute approximate surface area is 157 Å². The molecule has 0 saturated carbocycles. The average molecular weight is 377 g/mol. The number of para-hydroxylation sites is 1. The van der Waals surface area contributed by atoms with Crippen LogP contribution < -0.4 is 10.2 Å². The number of rotatable bonds is 7. The third-order valence-corrected chi connectivity index (χ3v) is 4.10. The molecule has 0 heterocycles. The first-order chi connectivity index (χ1) is 12.3. The molecule has 0 aliphatic rings. The molecule has 0 atom stereocenters. The summed E-state index contributed by atoms with van der Waals surface area (Å²) in [4.78, 5) is 27.4. The molecule has 2 aromatic carbocycles. The third-order valence-electron chi connectivity index (χ3n) is 3.85. The number of amides is 1. The van der Waals surface area contributed by atoms with Gasteiger partial charge in [0.25, 0.3) is 5.91 Å². The second-order valence-electron chi connectivity index (χ2n) is 6.12. The second kappa shape index (κ2) is 8.64. The van der Waals surface area contributed by atoms with Crippen LogP contribution >= 0.6 is 11.6 Å². The summed E-state index contributed by atoms with van der Waals surface area (Å²) in [6, 6.07) is 11.2. The fourth-order valence-electron chi connectivity index (χ4n) is 2.40. The number of nitrogens with one attached hydrogen (secondary N) is 1. The van der Waals surface area contributed by atoms with E-state index in [0.29, 0.717) is 22.8 Å². The zero-order valence-corrected chi connectivity index (χ0v) is 15.7. The standard InChI is InChI=1S/C18H21ClN4O3/c1-21(2)11-12-22(3)16-6-4-5-15(17(16)23(25)26)20-18(24)13-7-9-14(19)10-8-13/h4-10H,11-12H2,1-3H3,(H,20,24). The number of hydrogen-bond donors (Lipinski definition) is 1. The van der Waals surface area contributed by atoms with Gasteiger partial charge >= 0.3 is 5.69 Å². The third kappa shape index (κ3) is 4.93. The molecular formula is C18H21ClN4O3. The molecule has 26 heavy (non-hydrogen) atoms. The van der Waals surface area contributed by atoms with Gasteiger partial charge in [-0.15, -0.1) is 0 Å². The van der Waals surface area contributed by atoms with Gasteiger partial charge in [0.05, 0.1) is 4.92 Å². The van der Waals surface area contributed by atoms with Gasteiger partial charge in [-0.25, -0.2) is 0 Å². The Hall–Kier alpha value is -2.64. The van der Waals surface area contributed by atoms with E-state index in [4.69, 9.17) is 11.6 Å². The maximum Gasteiger partial charge on any atom is 0.315 e. The minimum absolute atomic E-state index is 0.129. The molecule has 0 radical (unpaired) electrons.